The normalized spacial score (nSPS) is 20.8. The number of Topliss-reactive ketones (excluding diaryl/α,β-unsaturated/α-hetero) is 1. The van der Waals surface area contributed by atoms with E-state index in [1.54, 1.807) is 17.0 Å². The number of nitrogens with zero attached hydrogens (tertiary/aromatic N) is 1. The van der Waals surface area contributed by atoms with Gasteiger partial charge < -0.3 is 5.11 Å². The second-order valence-corrected chi connectivity index (χ2v) is 4.56. The molecular weight excluding hydrogens is 242 g/mol. The lowest BCUT2D eigenvalue weighted by Crippen LogP contribution is -2.35. The molecule has 0 radical (unpaired) electrons. The number of likely N-dealkylation sites (tertiary alicyclic amines) is 1. The zero-order valence-electron chi connectivity index (χ0n) is 9.10. The molecule has 5 heteroatoms. The molecule has 2 rings (SSSR count). The van der Waals surface area contributed by atoms with Gasteiger partial charge in [0.05, 0.1) is 6.54 Å². The second kappa shape index (κ2) is 4.85. The molecule has 0 aromatic heterocycles. The molecule has 1 atom stereocenters. The topological polar surface area (TPSA) is 57.6 Å². The Morgan fingerprint density at radius 3 is 2.65 bits per heavy atom. The Labute approximate surface area is 104 Å². The smallest absolute Gasteiger partial charge is 0.321 e. The first-order valence-corrected chi connectivity index (χ1v) is 5.67. The van der Waals surface area contributed by atoms with Crippen LogP contribution in [-0.4, -0.2) is 34.3 Å². The van der Waals surface area contributed by atoms with E-state index in [9.17, 15) is 9.59 Å². The van der Waals surface area contributed by atoms with Crippen LogP contribution in [0.5, 0.6) is 0 Å². The Balaban J connectivity index is 2.09. The first kappa shape index (κ1) is 12.1. The van der Waals surface area contributed by atoms with Crippen molar-refractivity contribution in [2.24, 2.45) is 0 Å². The number of benzene rings is 1. The first-order chi connectivity index (χ1) is 8.06. The molecular formula is C12H12ClNO3. The standard InChI is InChI=1S/C12H12ClNO3/c13-9-3-1-8(2-4-9)6-14-7-10(15)5-11(14)12(16)17/h1-4,11H,5-7H2,(H,16,17). The van der Waals surface area contributed by atoms with Crippen molar-refractivity contribution in [2.45, 2.75) is 19.0 Å². The summed E-state index contributed by atoms with van der Waals surface area (Å²) in [5, 5.41) is 9.65. The zero-order chi connectivity index (χ0) is 12.4. The highest BCUT2D eigenvalue weighted by atomic mass is 35.5. The molecule has 1 aliphatic heterocycles. The predicted octanol–water partition coefficient (Wildman–Crippen LogP) is 1.57. The maximum absolute atomic E-state index is 11.3. The van der Waals surface area contributed by atoms with Crippen LogP contribution in [-0.2, 0) is 16.1 Å². The number of carbonyl (C=O) groups excluding carboxylic acids is 1. The van der Waals surface area contributed by atoms with Crippen LogP contribution >= 0.6 is 11.6 Å². The van der Waals surface area contributed by atoms with E-state index in [1.807, 2.05) is 12.1 Å². The molecule has 1 saturated heterocycles. The molecule has 1 fully saturated rings. The molecule has 0 aliphatic carbocycles. The summed E-state index contributed by atoms with van der Waals surface area (Å²) in [6, 6.07) is 6.49. The lowest BCUT2D eigenvalue weighted by atomic mass is 10.2. The van der Waals surface area contributed by atoms with Crippen LogP contribution in [0.3, 0.4) is 0 Å². The van der Waals surface area contributed by atoms with Crippen LogP contribution in [0.1, 0.15) is 12.0 Å². The highest BCUT2D eigenvalue weighted by Gasteiger charge is 2.35. The van der Waals surface area contributed by atoms with Gasteiger partial charge in [0.15, 0.2) is 0 Å². The summed E-state index contributed by atoms with van der Waals surface area (Å²) in [6.07, 6.45) is 0.100. The zero-order valence-corrected chi connectivity index (χ0v) is 9.85. The van der Waals surface area contributed by atoms with Crippen molar-refractivity contribution in [3.05, 3.63) is 34.9 Å². The Morgan fingerprint density at radius 2 is 2.06 bits per heavy atom. The molecule has 1 heterocycles. The van der Waals surface area contributed by atoms with E-state index in [1.165, 1.54) is 0 Å². The lowest BCUT2D eigenvalue weighted by Gasteiger charge is -2.19. The van der Waals surface area contributed by atoms with Crippen LogP contribution < -0.4 is 0 Å². The Kier molecular flexibility index (Phi) is 3.45. The van der Waals surface area contributed by atoms with Crippen LogP contribution in [0.25, 0.3) is 0 Å². The second-order valence-electron chi connectivity index (χ2n) is 4.13. The average Bonchev–Trinajstić information content (AvgIpc) is 2.63. The van der Waals surface area contributed by atoms with Gasteiger partial charge in [0, 0.05) is 18.0 Å². The summed E-state index contributed by atoms with van der Waals surface area (Å²) in [7, 11) is 0. The van der Waals surface area contributed by atoms with Gasteiger partial charge in [-0.3, -0.25) is 14.5 Å². The summed E-state index contributed by atoms with van der Waals surface area (Å²) >= 11 is 5.77. The van der Waals surface area contributed by atoms with E-state index in [0.717, 1.165) is 5.56 Å². The monoisotopic (exact) mass is 253 g/mol. The minimum absolute atomic E-state index is 0.0219. The SMILES string of the molecule is O=C1CC(C(=O)O)N(Cc2ccc(Cl)cc2)C1. The molecule has 0 bridgehead atoms. The fourth-order valence-electron chi connectivity index (χ4n) is 1.98. The number of aliphatic carboxylic acids is 1. The van der Waals surface area contributed by atoms with Crippen molar-refractivity contribution in [1.82, 2.24) is 4.90 Å². The fraction of sp³-hybridized carbons (Fsp3) is 0.333. The Hall–Kier alpha value is -1.39. The van der Waals surface area contributed by atoms with Gasteiger partial charge in [-0.1, -0.05) is 23.7 Å². The largest absolute Gasteiger partial charge is 0.480 e. The molecule has 1 aromatic carbocycles. The molecule has 4 nitrogen and oxygen atoms in total. The number of carboxylic acid groups (broad SMARTS) is 1. The molecule has 17 heavy (non-hydrogen) atoms. The molecule has 1 aliphatic rings. The van der Waals surface area contributed by atoms with E-state index >= 15 is 0 Å². The van der Waals surface area contributed by atoms with Gasteiger partial charge in [-0.05, 0) is 17.7 Å². The summed E-state index contributed by atoms with van der Waals surface area (Å²) in [5.74, 6) is -0.962. The minimum atomic E-state index is -0.940. The lowest BCUT2D eigenvalue weighted by molar-refractivity contribution is -0.142. The number of carbonyl (C=O) groups is 2. The van der Waals surface area contributed by atoms with Crippen LogP contribution in [0, 0.1) is 0 Å². The van der Waals surface area contributed by atoms with Crippen LogP contribution in [0.15, 0.2) is 24.3 Å². The highest BCUT2D eigenvalue weighted by molar-refractivity contribution is 6.30. The maximum atomic E-state index is 11.3. The average molecular weight is 254 g/mol. The number of hydrogen-bond acceptors (Lipinski definition) is 3. The van der Waals surface area contributed by atoms with Crippen molar-refractivity contribution < 1.29 is 14.7 Å². The molecule has 1 N–H and O–H groups in total. The van der Waals surface area contributed by atoms with Gasteiger partial charge in [-0.2, -0.15) is 0 Å². The Morgan fingerprint density at radius 1 is 1.41 bits per heavy atom. The van der Waals surface area contributed by atoms with Gasteiger partial charge in [0.1, 0.15) is 11.8 Å². The fourth-order valence-corrected chi connectivity index (χ4v) is 2.11. The number of rotatable bonds is 3. The number of carboxylic acids is 1. The quantitative estimate of drug-likeness (QED) is 0.888. The molecule has 90 valence electrons. The minimum Gasteiger partial charge on any atom is -0.480 e. The third kappa shape index (κ3) is 2.84. The molecule has 1 aromatic rings. The van der Waals surface area contributed by atoms with Gasteiger partial charge in [0.2, 0.25) is 0 Å². The maximum Gasteiger partial charge on any atom is 0.321 e. The third-order valence-corrected chi connectivity index (χ3v) is 3.08. The van der Waals surface area contributed by atoms with Crippen molar-refractivity contribution >= 4 is 23.4 Å². The molecule has 0 spiro atoms. The van der Waals surface area contributed by atoms with E-state index in [0.29, 0.717) is 11.6 Å². The molecule has 1 unspecified atom stereocenters. The van der Waals surface area contributed by atoms with E-state index in [2.05, 4.69) is 0 Å². The third-order valence-electron chi connectivity index (χ3n) is 2.83. The number of ketones is 1. The van der Waals surface area contributed by atoms with Gasteiger partial charge in [0.25, 0.3) is 0 Å². The van der Waals surface area contributed by atoms with Gasteiger partial charge in [-0.15, -0.1) is 0 Å². The van der Waals surface area contributed by atoms with Crippen molar-refractivity contribution in [1.29, 1.82) is 0 Å². The van der Waals surface area contributed by atoms with E-state index in [-0.39, 0.29) is 18.7 Å². The summed E-state index contributed by atoms with van der Waals surface area (Å²) < 4.78 is 0. The van der Waals surface area contributed by atoms with Gasteiger partial charge in [-0.25, -0.2) is 0 Å². The number of hydrogen-bond donors (Lipinski definition) is 1. The van der Waals surface area contributed by atoms with Crippen molar-refractivity contribution in [2.75, 3.05) is 6.54 Å². The molecule has 0 saturated carbocycles. The van der Waals surface area contributed by atoms with E-state index < -0.39 is 12.0 Å². The van der Waals surface area contributed by atoms with Crippen molar-refractivity contribution in [3.8, 4) is 0 Å². The molecule has 0 amide bonds. The predicted molar refractivity (Wildman–Crippen MR) is 62.9 cm³/mol. The number of halogens is 1. The van der Waals surface area contributed by atoms with Crippen LogP contribution in [0.4, 0.5) is 0 Å². The van der Waals surface area contributed by atoms with E-state index in [4.69, 9.17) is 16.7 Å². The Bertz CT molecular complexity index is 444. The first-order valence-electron chi connectivity index (χ1n) is 5.29. The van der Waals surface area contributed by atoms with Crippen molar-refractivity contribution in [3.63, 3.8) is 0 Å². The summed E-state index contributed by atoms with van der Waals surface area (Å²) in [6.45, 7) is 0.666. The summed E-state index contributed by atoms with van der Waals surface area (Å²) in [4.78, 5) is 23.9. The van der Waals surface area contributed by atoms with Gasteiger partial charge >= 0.3 is 5.97 Å². The van der Waals surface area contributed by atoms with Crippen LogP contribution in [0.2, 0.25) is 5.02 Å². The summed E-state index contributed by atoms with van der Waals surface area (Å²) in [5.41, 5.74) is 0.954. The highest BCUT2D eigenvalue weighted by Crippen LogP contribution is 2.19.